The van der Waals surface area contributed by atoms with Gasteiger partial charge in [-0.1, -0.05) is 42.0 Å². The number of benzene rings is 2. The Hall–Kier alpha value is -3.08. The summed E-state index contributed by atoms with van der Waals surface area (Å²) in [7, 11) is 0. The van der Waals surface area contributed by atoms with Crippen molar-refractivity contribution in [2.24, 2.45) is 0 Å². The van der Waals surface area contributed by atoms with Crippen molar-refractivity contribution >= 4 is 17.3 Å². The van der Waals surface area contributed by atoms with Crippen LogP contribution in [0.1, 0.15) is 22.5 Å². The molecule has 4 rings (SSSR count). The summed E-state index contributed by atoms with van der Waals surface area (Å²) in [5, 5.41) is 3.46. The summed E-state index contributed by atoms with van der Waals surface area (Å²) in [6.45, 7) is 10.9. The average Bonchev–Trinajstić information content (AvgIpc) is 2.72. The highest BCUT2D eigenvalue weighted by molar-refractivity contribution is 5.53. The highest BCUT2D eigenvalue weighted by Crippen LogP contribution is 2.22. The zero-order valence-electron chi connectivity index (χ0n) is 17.5. The van der Waals surface area contributed by atoms with Crippen LogP contribution in [-0.4, -0.2) is 36.1 Å². The quantitative estimate of drug-likeness (QED) is 0.705. The third-order valence-electron chi connectivity index (χ3n) is 5.35. The minimum absolute atomic E-state index is 0.763. The monoisotopic (exact) mass is 387 g/mol. The molecule has 1 saturated heterocycles. The van der Waals surface area contributed by atoms with Gasteiger partial charge in [-0.2, -0.15) is 0 Å². The predicted octanol–water partition coefficient (Wildman–Crippen LogP) is 4.34. The van der Waals surface area contributed by atoms with E-state index in [0.717, 1.165) is 50.2 Å². The van der Waals surface area contributed by atoms with E-state index in [1.54, 1.807) is 0 Å². The van der Waals surface area contributed by atoms with Crippen LogP contribution in [0.4, 0.5) is 17.3 Å². The van der Waals surface area contributed by atoms with Crippen LogP contribution in [0.25, 0.3) is 0 Å². The van der Waals surface area contributed by atoms with Crippen molar-refractivity contribution in [1.82, 2.24) is 9.97 Å². The van der Waals surface area contributed by atoms with Crippen LogP contribution in [0.5, 0.6) is 0 Å². The number of nitrogens with zero attached hydrogens (tertiary/aromatic N) is 4. The second-order valence-corrected chi connectivity index (χ2v) is 7.81. The summed E-state index contributed by atoms with van der Waals surface area (Å²) in [6, 6.07) is 19.4. The number of piperazine rings is 1. The van der Waals surface area contributed by atoms with E-state index in [1.165, 1.54) is 22.4 Å². The Balaban J connectivity index is 1.41. The first-order valence-corrected chi connectivity index (χ1v) is 10.3. The van der Waals surface area contributed by atoms with E-state index in [0.29, 0.717) is 0 Å². The third kappa shape index (κ3) is 4.86. The van der Waals surface area contributed by atoms with Crippen molar-refractivity contribution in [1.29, 1.82) is 0 Å². The average molecular weight is 388 g/mol. The Labute approximate surface area is 173 Å². The maximum absolute atomic E-state index is 4.69. The molecule has 0 radical (unpaired) electrons. The van der Waals surface area contributed by atoms with Crippen LogP contribution >= 0.6 is 0 Å². The maximum Gasteiger partial charge on any atom is 0.134 e. The molecule has 1 fully saturated rings. The zero-order chi connectivity index (χ0) is 20.2. The smallest absolute Gasteiger partial charge is 0.134 e. The van der Waals surface area contributed by atoms with Crippen molar-refractivity contribution in [2.45, 2.75) is 27.3 Å². The number of anilines is 3. The number of rotatable bonds is 5. The minimum Gasteiger partial charge on any atom is -0.368 e. The van der Waals surface area contributed by atoms with Crippen molar-refractivity contribution < 1.29 is 0 Å². The minimum atomic E-state index is 0.763. The number of aromatic nitrogens is 2. The number of hydrogen-bond donors (Lipinski definition) is 1. The van der Waals surface area contributed by atoms with E-state index in [4.69, 9.17) is 4.98 Å². The Morgan fingerprint density at radius 2 is 1.48 bits per heavy atom. The van der Waals surface area contributed by atoms with E-state index in [-0.39, 0.29) is 0 Å². The third-order valence-corrected chi connectivity index (χ3v) is 5.35. The van der Waals surface area contributed by atoms with Crippen LogP contribution in [0.15, 0.2) is 54.6 Å². The van der Waals surface area contributed by atoms with Crippen molar-refractivity contribution in [3.8, 4) is 0 Å². The van der Waals surface area contributed by atoms with Gasteiger partial charge in [-0.25, -0.2) is 9.97 Å². The molecule has 29 heavy (non-hydrogen) atoms. The van der Waals surface area contributed by atoms with Gasteiger partial charge in [0.05, 0.1) is 0 Å². The van der Waals surface area contributed by atoms with Gasteiger partial charge >= 0.3 is 0 Å². The molecule has 0 amide bonds. The molecule has 0 saturated carbocycles. The Morgan fingerprint density at radius 1 is 0.793 bits per heavy atom. The van der Waals surface area contributed by atoms with Gasteiger partial charge in [0.15, 0.2) is 0 Å². The van der Waals surface area contributed by atoms with Gasteiger partial charge in [0, 0.05) is 44.5 Å². The SMILES string of the molecule is Cc1cccc(CNc2cc(N3CCN(c4cccc(C)c4)CC3)nc(C)n2)c1. The topological polar surface area (TPSA) is 44.3 Å². The number of hydrogen-bond acceptors (Lipinski definition) is 5. The van der Waals surface area contributed by atoms with Crippen molar-refractivity contribution in [2.75, 3.05) is 41.3 Å². The largest absolute Gasteiger partial charge is 0.368 e. The standard InChI is InChI=1S/C24H29N5/c1-18-6-4-8-21(14-18)17-25-23-16-24(27-20(3)26-23)29-12-10-28(11-13-29)22-9-5-7-19(2)15-22/h4-9,14-16H,10-13,17H2,1-3H3,(H,25,26,27). The molecular formula is C24H29N5. The van der Waals surface area contributed by atoms with Gasteiger partial charge in [0.1, 0.15) is 17.5 Å². The summed E-state index contributed by atoms with van der Waals surface area (Å²) in [5.74, 6) is 2.69. The molecule has 3 aromatic rings. The molecule has 5 heteroatoms. The second-order valence-electron chi connectivity index (χ2n) is 7.81. The maximum atomic E-state index is 4.69. The van der Waals surface area contributed by atoms with E-state index < -0.39 is 0 Å². The molecule has 150 valence electrons. The van der Waals surface area contributed by atoms with Crippen molar-refractivity contribution in [3.05, 3.63) is 77.1 Å². The first-order chi connectivity index (χ1) is 14.1. The molecular weight excluding hydrogens is 358 g/mol. The highest BCUT2D eigenvalue weighted by atomic mass is 15.3. The molecule has 0 aliphatic carbocycles. The van der Waals surface area contributed by atoms with E-state index in [2.05, 4.69) is 88.5 Å². The fourth-order valence-electron chi connectivity index (χ4n) is 3.84. The van der Waals surface area contributed by atoms with Crippen molar-refractivity contribution in [3.63, 3.8) is 0 Å². The number of nitrogens with one attached hydrogen (secondary N) is 1. The van der Waals surface area contributed by atoms with Gasteiger partial charge in [-0.15, -0.1) is 0 Å². The fourth-order valence-corrected chi connectivity index (χ4v) is 3.84. The second kappa shape index (κ2) is 8.52. The predicted molar refractivity (Wildman–Crippen MR) is 121 cm³/mol. The Morgan fingerprint density at radius 3 is 2.21 bits per heavy atom. The van der Waals surface area contributed by atoms with Crippen LogP contribution in [-0.2, 0) is 6.54 Å². The van der Waals surface area contributed by atoms with E-state index >= 15 is 0 Å². The highest BCUT2D eigenvalue weighted by Gasteiger charge is 2.19. The van der Waals surface area contributed by atoms with Gasteiger partial charge in [0.25, 0.3) is 0 Å². The van der Waals surface area contributed by atoms with E-state index in [9.17, 15) is 0 Å². The van der Waals surface area contributed by atoms with Crippen LogP contribution in [0.3, 0.4) is 0 Å². The lowest BCUT2D eigenvalue weighted by Crippen LogP contribution is -2.47. The first-order valence-electron chi connectivity index (χ1n) is 10.3. The van der Waals surface area contributed by atoms with Gasteiger partial charge in [0.2, 0.25) is 0 Å². The molecule has 1 aliphatic heterocycles. The zero-order valence-corrected chi connectivity index (χ0v) is 17.5. The number of aryl methyl sites for hydroxylation is 3. The Bertz CT molecular complexity index is 977. The molecule has 1 aliphatic rings. The summed E-state index contributed by atoms with van der Waals surface area (Å²) >= 11 is 0. The van der Waals surface area contributed by atoms with Crippen LogP contribution in [0, 0.1) is 20.8 Å². The molecule has 5 nitrogen and oxygen atoms in total. The lowest BCUT2D eigenvalue weighted by Gasteiger charge is -2.37. The summed E-state index contributed by atoms with van der Waals surface area (Å²) in [6.07, 6.45) is 0. The molecule has 1 aromatic heterocycles. The molecule has 0 bridgehead atoms. The summed E-state index contributed by atoms with van der Waals surface area (Å²) in [4.78, 5) is 14.1. The molecule has 0 unspecified atom stereocenters. The molecule has 0 atom stereocenters. The van der Waals surface area contributed by atoms with E-state index in [1.807, 2.05) is 6.92 Å². The normalized spacial score (nSPS) is 14.2. The summed E-state index contributed by atoms with van der Waals surface area (Å²) < 4.78 is 0. The van der Waals surface area contributed by atoms with Gasteiger partial charge in [-0.05, 0) is 44.0 Å². The van der Waals surface area contributed by atoms with Crippen LogP contribution in [0.2, 0.25) is 0 Å². The Kier molecular flexibility index (Phi) is 5.65. The molecule has 0 spiro atoms. The summed E-state index contributed by atoms with van der Waals surface area (Å²) in [5.41, 5.74) is 5.15. The van der Waals surface area contributed by atoms with Gasteiger partial charge in [-0.3, -0.25) is 0 Å². The molecule has 2 heterocycles. The van der Waals surface area contributed by atoms with Gasteiger partial charge < -0.3 is 15.1 Å². The lowest BCUT2D eigenvalue weighted by atomic mass is 10.1. The van der Waals surface area contributed by atoms with Crippen LogP contribution < -0.4 is 15.1 Å². The molecule has 2 aromatic carbocycles. The lowest BCUT2D eigenvalue weighted by molar-refractivity contribution is 0.645. The first kappa shape index (κ1) is 19.2. The fraction of sp³-hybridized carbons (Fsp3) is 0.333. The molecule has 1 N–H and O–H groups in total.